The van der Waals surface area contributed by atoms with Crippen molar-refractivity contribution in [2.45, 2.75) is 39.8 Å². The first-order valence-corrected chi connectivity index (χ1v) is 6.68. The second kappa shape index (κ2) is 7.87. The number of nitrogens with one attached hydrogen (secondary N) is 1. The van der Waals surface area contributed by atoms with Crippen molar-refractivity contribution in [1.29, 1.82) is 0 Å². The molecular weight excluding hydrogens is 228 g/mol. The molecule has 1 amide bonds. The molecule has 102 valence electrons. The molecule has 0 saturated carbocycles. The fourth-order valence-corrected chi connectivity index (χ4v) is 1.89. The predicted octanol–water partition coefficient (Wildman–Crippen LogP) is 1.12. The molecule has 0 aromatic carbocycles. The number of nitrogens with zero attached hydrogens (tertiary/aromatic N) is 3. The maximum Gasteiger partial charge on any atom is 0.239 e. The summed E-state index contributed by atoms with van der Waals surface area (Å²) in [5, 5.41) is 7.40. The third-order valence-electron chi connectivity index (χ3n) is 3.02. The maximum absolute atomic E-state index is 12.0. The fourth-order valence-electron chi connectivity index (χ4n) is 1.89. The highest BCUT2D eigenvalue weighted by Gasteiger charge is 2.16. The lowest BCUT2D eigenvalue weighted by molar-refractivity contribution is -0.132. The molecule has 1 aromatic heterocycles. The van der Waals surface area contributed by atoms with Gasteiger partial charge in [0.05, 0.1) is 6.04 Å². The van der Waals surface area contributed by atoms with Crippen LogP contribution in [0.15, 0.2) is 18.5 Å². The number of hydrogen-bond acceptors (Lipinski definition) is 3. The van der Waals surface area contributed by atoms with Crippen molar-refractivity contribution in [3.05, 3.63) is 18.5 Å². The molecule has 0 aliphatic rings. The quantitative estimate of drug-likeness (QED) is 0.705. The predicted molar refractivity (Wildman–Crippen MR) is 72.2 cm³/mol. The molecule has 0 fully saturated rings. The first-order chi connectivity index (χ1) is 8.69. The molecule has 5 nitrogen and oxygen atoms in total. The second-order valence-corrected chi connectivity index (χ2v) is 4.31. The van der Waals surface area contributed by atoms with Crippen LogP contribution in [-0.4, -0.2) is 46.3 Å². The summed E-state index contributed by atoms with van der Waals surface area (Å²) in [6, 6.07) is 1.81. The molecule has 1 heterocycles. The average molecular weight is 252 g/mol. The molecule has 1 aromatic rings. The van der Waals surface area contributed by atoms with Crippen LogP contribution in [0.3, 0.4) is 0 Å². The van der Waals surface area contributed by atoms with E-state index in [4.69, 9.17) is 0 Å². The lowest BCUT2D eigenvalue weighted by atomic mass is 10.2. The number of carbonyl (C=O) groups is 1. The Hall–Kier alpha value is -1.36. The number of hydrogen-bond donors (Lipinski definition) is 1. The van der Waals surface area contributed by atoms with Crippen LogP contribution < -0.4 is 5.32 Å². The van der Waals surface area contributed by atoms with Crippen LogP contribution in [0.5, 0.6) is 0 Å². The van der Waals surface area contributed by atoms with E-state index in [0.717, 1.165) is 32.6 Å². The van der Waals surface area contributed by atoms with E-state index in [9.17, 15) is 4.79 Å². The molecular formula is C13H24N4O. The summed E-state index contributed by atoms with van der Waals surface area (Å²) in [5.41, 5.74) is 0. The van der Waals surface area contributed by atoms with E-state index in [-0.39, 0.29) is 11.9 Å². The Morgan fingerprint density at radius 3 is 2.72 bits per heavy atom. The summed E-state index contributed by atoms with van der Waals surface area (Å²) in [4.78, 5) is 13.8. The first kappa shape index (κ1) is 14.7. The minimum absolute atomic E-state index is 0.109. The van der Waals surface area contributed by atoms with Gasteiger partial charge in [0.15, 0.2) is 0 Å². The van der Waals surface area contributed by atoms with E-state index in [0.29, 0.717) is 0 Å². The molecule has 1 N–H and O–H groups in total. The Morgan fingerprint density at radius 1 is 1.44 bits per heavy atom. The van der Waals surface area contributed by atoms with Crippen molar-refractivity contribution in [3.8, 4) is 0 Å². The van der Waals surface area contributed by atoms with Crippen molar-refractivity contribution in [2.75, 3.05) is 19.6 Å². The molecule has 0 spiro atoms. The van der Waals surface area contributed by atoms with Gasteiger partial charge in [-0.1, -0.05) is 0 Å². The summed E-state index contributed by atoms with van der Waals surface area (Å²) < 4.78 is 1.90. The van der Waals surface area contributed by atoms with E-state index in [1.54, 1.807) is 6.20 Å². The SMILES string of the molecule is CCN(CC)C(=O)C(C)NCCCn1cccn1. The van der Waals surface area contributed by atoms with Gasteiger partial charge in [-0.05, 0) is 39.8 Å². The third kappa shape index (κ3) is 4.49. The van der Waals surface area contributed by atoms with Gasteiger partial charge >= 0.3 is 0 Å². The number of aryl methyl sites for hydroxylation is 1. The Labute approximate surface area is 109 Å². The molecule has 5 heteroatoms. The number of aromatic nitrogens is 2. The summed E-state index contributed by atoms with van der Waals surface area (Å²) in [5.74, 6) is 0.180. The van der Waals surface area contributed by atoms with Gasteiger partial charge in [-0.15, -0.1) is 0 Å². The van der Waals surface area contributed by atoms with Gasteiger partial charge in [-0.25, -0.2) is 0 Å². The van der Waals surface area contributed by atoms with Crippen molar-refractivity contribution in [3.63, 3.8) is 0 Å². The van der Waals surface area contributed by atoms with Gasteiger partial charge in [0.2, 0.25) is 5.91 Å². The standard InChI is InChI=1S/C13H24N4O/c1-4-16(5-2)13(18)12(3)14-8-6-10-17-11-7-9-15-17/h7,9,11-12,14H,4-6,8,10H2,1-3H3. The highest BCUT2D eigenvalue weighted by Crippen LogP contribution is 1.95. The Bertz CT molecular complexity index is 333. The molecule has 1 atom stereocenters. The van der Waals surface area contributed by atoms with Crippen LogP contribution in [0.1, 0.15) is 27.2 Å². The minimum Gasteiger partial charge on any atom is -0.342 e. The molecule has 0 aliphatic heterocycles. The molecule has 0 bridgehead atoms. The number of carbonyl (C=O) groups excluding carboxylic acids is 1. The number of likely N-dealkylation sites (N-methyl/N-ethyl adjacent to an activating group) is 1. The summed E-state index contributed by atoms with van der Waals surface area (Å²) in [6.07, 6.45) is 4.70. The monoisotopic (exact) mass is 252 g/mol. The maximum atomic E-state index is 12.0. The second-order valence-electron chi connectivity index (χ2n) is 4.31. The van der Waals surface area contributed by atoms with Crippen molar-refractivity contribution in [2.24, 2.45) is 0 Å². The highest BCUT2D eigenvalue weighted by molar-refractivity contribution is 5.81. The Balaban J connectivity index is 2.20. The smallest absolute Gasteiger partial charge is 0.239 e. The summed E-state index contributed by atoms with van der Waals surface area (Å²) >= 11 is 0. The van der Waals surface area contributed by atoms with Crippen LogP contribution in [0, 0.1) is 0 Å². The Kier molecular flexibility index (Phi) is 6.43. The van der Waals surface area contributed by atoms with E-state index >= 15 is 0 Å². The summed E-state index contributed by atoms with van der Waals surface area (Å²) in [6.45, 7) is 9.19. The fraction of sp³-hybridized carbons (Fsp3) is 0.692. The normalized spacial score (nSPS) is 12.4. The molecule has 0 saturated heterocycles. The average Bonchev–Trinajstić information content (AvgIpc) is 2.88. The molecule has 1 unspecified atom stereocenters. The zero-order valence-corrected chi connectivity index (χ0v) is 11.6. The zero-order chi connectivity index (χ0) is 13.4. The van der Waals surface area contributed by atoms with Gasteiger partial charge in [0.25, 0.3) is 0 Å². The van der Waals surface area contributed by atoms with Gasteiger partial charge in [0.1, 0.15) is 0 Å². The summed E-state index contributed by atoms with van der Waals surface area (Å²) in [7, 11) is 0. The third-order valence-corrected chi connectivity index (χ3v) is 3.02. The molecule has 0 aliphatic carbocycles. The van der Waals surface area contributed by atoms with Crippen molar-refractivity contribution < 1.29 is 4.79 Å². The van der Waals surface area contributed by atoms with Gasteiger partial charge < -0.3 is 10.2 Å². The van der Waals surface area contributed by atoms with E-state index < -0.39 is 0 Å². The Morgan fingerprint density at radius 2 is 2.17 bits per heavy atom. The lowest BCUT2D eigenvalue weighted by Crippen LogP contribution is -2.45. The number of rotatable bonds is 8. The van der Waals surface area contributed by atoms with Gasteiger partial charge in [0, 0.05) is 32.0 Å². The first-order valence-electron chi connectivity index (χ1n) is 6.68. The lowest BCUT2D eigenvalue weighted by Gasteiger charge is -2.23. The van der Waals surface area contributed by atoms with E-state index in [1.807, 2.05) is 42.6 Å². The van der Waals surface area contributed by atoms with Gasteiger partial charge in [-0.2, -0.15) is 5.10 Å². The van der Waals surface area contributed by atoms with Crippen LogP contribution >= 0.6 is 0 Å². The highest BCUT2D eigenvalue weighted by atomic mass is 16.2. The molecule has 1 rings (SSSR count). The largest absolute Gasteiger partial charge is 0.342 e. The molecule has 18 heavy (non-hydrogen) atoms. The molecule has 0 radical (unpaired) electrons. The number of amides is 1. The van der Waals surface area contributed by atoms with Gasteiger partial charge in [-0.3, -0.25) is 9.48 Å². The minimum atomic E-state index is -0.109. The van der Waals surface area contributed by atoms with E-state index in [1.165, 1.54) is 0 Å². The van der Waals surface area contributed by atoms with Crippen molar-refractivity contribution >= 4 is 5.91 Å². The van der Waals surface area contributed by atoms with Crippen LogP contribution in [0.4, 0.5) is 0 Å². The van der Waals surface area contributed by atoms with E-state index in [2.05, 4.69) is 10.4 Å². The van der Waals surface area contributed by atoms with Crippen molar-refractivity contribution in [1.82, 2.24) is 20.0 Å². The topological polar surface area (TPSA) is 50.2 Å². The zero-order valence-electron chi connectivity index (χ0n) is 11.6. The van der Waals surface area contributed by atoms with Crippen LogP contribution in [-0.2, 0) is 11.3 Å². The van der Waals surface area contributed by atoms with Crippen LogP contribution in [0.2, 0.25) is 0 Å². The van der Waals surface area contributed by atoms with Crippen LogP contribution in [0.25, 0.3) is 0 Å².